The van der Waals surface area contributed by atoms with E-state index in [9.17, 15) is 9.59 Å². The number of unbranched alkanes of at least 4 members (excludes halogenated alkanes) is 2. The Morgan fingerprint density at radius 3 is 2.95 bits per heavy atom. The molecule has 0 radical (unpaired) electrons. The highest BCUT2D eigenvalue weighted by atomic mass is 16.5. The average Bonchev–Trinajstić information content (AvgIpc) is 2.89. The van der Waals surface area contributed by atoms with Gasteiger partial charge in [-0.1, -0.05) is 25.8 Å². The number of carbonyl (C=O) groups is 2. The monoisotopic (exact) mass is 290 g/mol. The molecule has 1 heterocycles. The predicted molar refractivity (Wildman–Crippen MR) is 79.9 cm³/mol. The van der Waals surface area contributed by atoms with Crippen molar-refractivity contribution in [3.05, 3.63) is 29.8 Å². The summed E-state index contributed by atoms with van der Waals surface area (Å²) >= 11 is 0. The molecule has 1 aliphatic heterocycles. The molecule has 1 aromatic rings. The van der Waals surface area contributed by atoms with Crippen LogP contribution in [-0.4, -0.2) is 30.0 Å². The Labute approximate surface area is 125 Å². The summed E-state index contributed by atoms with van der Waals surface area (Å²) in [5, 5.41) is 1.39. The van der Waals surface area contributed by atoms with Crippen LogP contribution in [0.25, 0.3) is 0 Å². The van der Waals surface area contributed by atoms with Gasteiger partial charge >= 0.3 is 0 Å². The molecule has 114 valence electrons. The third-order valence-electron chi connectivity index (χ3n) is 3.42. The molecule has 0 saturated carbocycles. The molecule has 0 aromatic heterocycles. The second-order valence-electron chi connectivity index (χ2n) is 5.17. The molecule has 5 nitrogen and oxygen atoms in total. The van der Waals surface area contributed by atoms with Gasteiger partial charge in [0.25, 0.3) is 5.91 Å². The first-order valence-corrected chi connectivity index (χ1v) is 7.55. The van der Waals surface area contributed by atoms with E-state index in [4.69, 9.17) is 4.74 Å². The van der Waals surface area contributed by atoms with Crippen molar-refractivity contribution in [1.29, 1.82) is 0 Å². The molecule has 0 atom stereocenters. The van der Waals surface area contributed by atoms with Crippen molar-refractivity contribution in [1.82, 2.24) is 10.4 Å². The number of rotatable bonds is 7. The van der Waals surface area contributed by atoms with Gasteiger partial charge < -0.3 is 4.74 Å². The fourth-order valence-corrected chi connectivity index (χ4v) is 2.22. The van der Waals surface area contributed by atoms with Crippen molar-refractivity contribution in [3.63, 3.8) is 0 Å². The molecule has 0 bridgehead atoms. The van der Waals surface area contributed by atoms with Crippen LogP contribution >= 0.6 is 0 Å². The topological polar surface area (TPSA) is 58.6 Å². The van der Waals surface area contributed by atoms with Crippen molar-refractivity contribution in [2.24, 2.45) is 0 Å². The maximum absolute atomic E-state index is 12.1. The zero-order valence-corrected chi connectivity index (χ0v) is 12.4. The summed E-state index contributed by atoms with van der Waals surface area (Å²) in [4.78, 5) is 23.6. The number of hydrogen-bond donors (Lipinski definition) is 1. The van der Waals surface area contributed by atoms with E-state index in [1.54, 1.807) is 18.2 Å². The van der Waals surface area contributed by atoms with Crippen LogP contribution in [0.1, 0.15) is 49.4 Å². The van der Waals surface area contributed by atoms with E-state index in [1.165, 1.54) is 5.01 Å². The van der Waals surface area contributed by atoms with Crippen LogP contribution < -0.4 is 10.2 Å². The van der Waals surface area contributed by atoms with E-state index in [0.717, 1.165) is 25.7 Å². The SMILES string of the molecule is CCCCCOc1cccc(C(=O)NN2CCCC2=O)c1. The highest BCUT2D eigenvalue weighted by Gasteiger charge is 2.22. The molecule has 0 unspecified atom stereocenters. The van der Waals surface area contributed by atoms with E-state index in [2.05, 4.69) is 12.3 Å². The fourth-order valence-electron chi connectivity index (χ4n) is 2.22. The summed E-state index contributed by atoms with van der Waals surface area (Å²) in [6.45, 7) is 3.38. The minimum atomic E-state index is -0.274. The third kappa shape index (κ3) is 4.48. The summed E-state index contributed by atoms with van der Waals surface area (Å²) in [6.07, 6.45) is 4.59. The maximum atomic E-state index is 12.1. The molecular formula is C16H22N2O3. The van der Waals surface area contributed by atoms with Gasteiger partial charge in [-0.3, -0.25) is 20.0 Å². The normalized spacial score (nSPS) is 14.3. The predicted octanol–water partition coefficient (Wildman–Crippen LogP) is 2.52. The Hall–Kier alpha value is -2.04. The van der Waals surface area contributed by atoms with E-state index in [1.807, 2.05) is 6.07 Å². The van der Waals surface area contributed by atoms with Crippen LogP contribution in [-0.2, 0) is 4.79 Å². The first-order chi connectivity index (χ1) is 10.2. The lowest BCUT2D eigenvalue weighted by atomic mass is 10.2. The molecule has 21 heavy (non-hydrogen) atoms. The molecule has 1 fully saturated rings. The smallest absolute Gasteiger partial charge is 0.270 e. The number of hydrogen-bond acceptors (Lipinski definition) is 3. The molecule has 2 rings (SSSR count). The Bertz CT molecular complexity index is 502. The number of hydrazine groups is 1. The van der Waals surface area contributed by atoms with Crippen molar-refractivity contribution in [3.8, 4) is 5.75 Å². The average molecular weight is 290 g/mol. The first kappa shape index (κ1) is 15.4. The lowest BCUT2D eigenvalue weighted by molar-refractivity contribution is -0.129. The molecule has 1 aromatic carbocycles. The summed E-state index contributed by atoms with van der Waals surface area (Å²) in [5.74, 6) is 0.381. The highest BCUT2D eigenvalue weighted by molar-refractivity contribution is 5.95. The van der Waals surface area contributed by atoms with E-state index < -0.39 is 0 Å². The second kappa shape index (κ2) is 7.67. The number of benzene rings is 1. The molecule has 0 spiro atoms. The van der Waals surface area contributed by atoms with Gasteiger partial charge in [0.1, 0.15) is 5.75 Å². The number of carbonyl (C=O) groups excluding carboxylic acids is 2. The van der Waals surface area contributed by atoms with Crippen molar-refractivity contribution in [2.75, 3.05) is 13.2 Å². The Morgan fingerprint density at radius 2 is 2.24 bits per heavy atom. The van der Waals surface area contributed by atoms with Crippen molar-refractivity contribution >= 4 is 11.8 Å². The zero-order chi connectivity index (χ0) is 15.1. The molecule has 0 aliphatic carbocycles. The van der Waals surface area contributed by atoms with Crippen LogP contribution in [0.4, 0.5) is 0 Å². The van der Waals surface area contributed by atoms with Crippen LogP contribution in [0, 0.1) is 0 Å². The fraction of sp³-hybridized carbons (Fsp3) is 0.500. The van der Waals surface area contributed by atoms with Gasteiger partial charge in [-0.25, -0.2) is 0 Å². The highest BCUT2D eigenvalue weighted by Crippen LogP contribution is 2.15. The standard InChI is InChI=1S/C16H22N2O3/c1-2-3-4-11-21-14-8-5-7-13(12-14)16(20)17-18-10-6-9-15(18)19/h5,7-8,12H,2-4,6,9-11H2,1H3,(H,17,20). The molecule has 5 heteroatoms. The minimum Gasteiger partial charge on any atom is -0.494 e. The third-order valence-corrected chi connectivity index (χ3v) is 3.42. The first-order valence-electron chi connectivity index (χ1n) is 7.55. The molecule has 1 N–H and O–H groups in total. The minimum absolute atomic E-state index is 0.0321. The lowest BCUT2D eigenvalue weighted by Crippen LogP contribution is -2.42. The second-order valence-corrected chi connectivity index (χ2v) is 5.17. The number of ether oxygens (including phenoxy) is 1. The molecule has 2 amide bonds. The van der Waals surface area contributed by atoms with Gasteiger partial charge in [-0.2, -0.15) is 0 Å². The van der Waals surface area contributed by atoms with Gasteiger partial charge in [0.15, 0.2) is 0 Å². The van der Waals surface area contributed by atoms with Crippen molar-refractivity contribution in [2.45, 2.75) is 39.0 Å². The van der Waals surface area contributed by atoms with Gasteiger partial charge in [-0.05, 0) is 31.0 Å². The maximum Gasteiger partial charge on any atom is 0.270 e. The van der Waals surface area contributed by atoms with Gasteiger partial charge in [0.05, 0.1) is 6.61 Å². The summed E-state index contributed by atoms with van der Waals surface area (Å²) in [6, 6.07) is 7.05. The molecule has 1 saturated heterocycles. The van der Waals surface area contributed by atoms with Crippen molar-refractivity contribution < 1.29 is 14.3 Å². The summed E-state index contributed by atoms with van der Waals surface area (Å²) in [7, 11) is 0. The van der Waals surface area contributed by atoms with Crippen LogP contribution in [0.15, 0.2) is 24.3 Å². The van der Waals surface area contributed by atoms with E-state index in [0.29, 0.717) is 30.9 Å². The van der Waals surface area contributed by atoms with E-state index in [-0.39, 0.29) is 11.8 Å². The quantitative estimate of drug-likeness (QED) is 0.785. The summed E-state index contributed by atoms with van der Waals surface area (Å²) in [5.41, 5.74) is 3.14. The number of nitrogens with one attached hydrogen (secondary N) is 1. The van der Waals surface area contributed by atoms with Gasteiger partial charge in [0.2, 0.25) is 5.91 Å². The Balaban J connectivity index is 1.90. The van der Waals surface area contributed by atoms with Gasteiger partial charge in [0, 0.05) is 18.5 Å². The molecule has 1 aliphatic rings. The van der Waals surface area contributed by atoms with E-state index >= 15 is 0 Å². The van der Waals surface area contributed by atoms with Crippen LogP contribution in [0.5, 0.6) is 5.75 Å². The van der Waals surface area contributed by atoms with Crippen LogP contribution in [0.2, 0.25) is 0 Å². The Kier molecular flexibility index (Phi) is 5.60. The largest absolute Gasteiger partial charge is 0.494 e. The lowest BCUT2D eigenvalue weighted by Gasteiger charge is -2.17. The Morgan fingerprint density at radius 1 is 1.38 bits per heavy atom. The summed E-state index contributed by atoms with van der Waals surface area (Å²) < 4.78 is 5.63. The molecular weight excluding hydrogens is 268 g/mol. The number of amides is 2. The van der Waals surface area contributed by atoms with Crippen LogP contribution in [0.3, 0.4) is 0 Å². The van der Waals surface area contributed by atoms with Gasteiger partial charge in [-0.15, -0.1) is 0 Å². The zero-order valence-electron chi connectivity index (χ0n) is 12.4. The number of nitrogens with zero attached hydrogens (tertiary/aromatic N) is 1.